The van der Waals surface area contributed by atoms with Gasteiger partial charge in [0, 0.05) is 30.7 Å². The van der Waals surface area contributed by atoms with Gasteiger partial charge < -0.3 is 10.3 Å². The first kappa shape index (κ1) is 13.6. The number of aromatic nitrogens is 2. The van der Waals surface area contributed by atoms with Gasteiger partial charge in [-0.05, 0) is 32.7 Å². The molecule has 2 saturated heterocycles. The number of nitrogens with one attached hydrogen (secondary N) is 1. The van der Waals surface area contributed by atoms with E-state index in [0.29, 0.717) is 12.1 Å². The highest BCUT2D eigenvalue weighted by Gasteiger charge is 2.35. The predicted molar refractivity (Wildman–Crippen MR) is 80.6 cm³/mol. The summed E-state index contributed by atoms with van der Waals surface area (Å²) in [5.41, 5.74) is 3.82. The maximum absolute atomic E-state index is 5.58. The third kappa shape index (κ3) is 2.23. The minimum atomic E-state index is 0.482. The van der Waals surface area contributed by atoms with Crippen molar-refractivity contribution in [2.75, 3.05) is 30.0 Å². The van der Waals surface area contributed by atoms with Crippen LogP contribution in [-0.4, -0.2) is 46.6 Å². The van der Waals surface area contributed by atoms with E-state index >= 15 is 0 Å². The van der Waals surface area contributed by atoms with E-state index in [-0.39, 0.29) is 0 Å². The van der Waals surface area contributed by atoms with Gasteiger partial charge >= 0.3 is 0 Å². The minimum Gasteiger partial charge on any atom is -0.351 e. The van der Waals surface area contributed by atoms with E-state index in [1.54, 1.807) is 6.33 Å². The summed E-state index contributed by atoms with van der Waals surface area (Å²) < 4.78 is 0. The second kappa shape index (κ2) is 5.54. The van der Waals surface area contributed by atoms with Crippen LogP contribution in [0.3, 0.4) is 0 Å². The van der Waals surface area contributed by atoms with Crippen molar-refractivity contribution in [3.05, 3.63) is 11.9 Å². The highest BCUT2D eigenvalue weighted by Crippen LogP contribution is 2.31. The number of nitrogens with zero attached hydrogens (tertiary/aromatic N) is 4. The van der Waals surface area contributed by atoms with Gasteiger partial charge in [0.25, 0.3) is 0 Å². The summed E-state index contributed by atoms with van der Waals surface area (Å²) in [5, 5.41) is 0. The van der Waals surface area contributed by atoms with E-state index in [4.69, 9.17) is 5.84 Å². The number of nitrogens with two attached hydrogens (primary N) is 1. The Kier molecular flexibility index (Phi) is 3.76. The number of piperazine rings is 1. The van der Waals surface area contributed by atoms with Crippen molar-refractivity contribution in [1.82, 2.24) is 14.9 Å². The fourth-order valence-electron chi connectivity index (χ4n) is 3.58. The number of hydrogen-bond acceptors (Lipinski definition) is 6. The highest BCUT2D eigenvalue weighted by molar-refractivity contribution is 5.59. The molecule has 2 unspecified atom stereocenters. The smallest absolute Gasteiger partial charge is 0.148 e. The Bertz CT molecular complexity index is 477. The molecule has 0 aliphatic carbocycles. The van der Waals surface area contributed by atoms with Crippen molar-refractivity contribution in [3.63, 3.8) is 0 Å². The van der Waals surface area contributed by atoms with Crippen LogP contribution >= 0.6 is 0 Å². The molecule has 2 fully saturated rings. The number of hydrazine groups is 1. The SMILES string of the molecule is CCc1c(NN)ncnc1N1CC2CCCN2CC1C. The summed E-state index contributed by atoms with van der Waals surface area (Å²) >= 11 is 0. The van der Waals surface area contributed by atoms with Crippen LogP contribution in [0, 0.1) is 0 Å². The van der Waals surface area contributed by atoms with Crippen molar-refractivity contribution in [3.8, 4) is 0 Å². The zero-order valence-corrected chi connectivity index (χ0v) is 12.3. The zero-order valence-electron chi connectivity index (χ0n) is 12.3. The second-order valence-corrected chi connectivity index (χ2v) is 5.81. The Morgan fingerprint density at radius 3 is 3.00 bits per heavy atom. The number of hydrogen-bond donors (Lipinski definition) is 2. The van der Waals surface area contributed by atoms with Gasteiger partial charge in [0.2, 0.25) is 0 Å². The Hall–Kier alpha value is -1.40. The molecule has 0 radical (unpaired) electrons. The first-order chi connectivity index (χ1) is 9.74. The number of nitrogen functional groups attached to an aromatic ring is 1. The Balaban J connectivity index is 1.91. The lowest BCUT2D eigenvalue weighted by molar-refractivity contribution is 0.202. The van der Waals surface area contributed by atoms with E-state index in [2.05, 4.69) is 39.0 Å². The van der Waals surface area contributed by atoms with Crippen LogP contribution in [0.25, 0.3) is 0 Å². The molecule has 2 aliphatic rings. The second-order valence-electron chi connectivity index (χ2n) is 5.81. The molecule has 0 aromatic carbocycles. The van der Waals surface area contributed by atoms with Crippen molar-refractivity contribution >= 4 is 11.6 Å². The highest BCUT2D eigenvalue weighted by atomic mass is 15.3. The fraction of sp³-hybridized carbons (Fsp3) is 0.714. The van der Waals surface area contributed by atoms with E-state index < -0.39 is 0 Å². The molecule has 1 aromatic rings. The molecule has 3 heterocycles. The van der Waals surface area contributed by atoms with Gasteiger partial charge in [-0.15, -0.1) is 0 Å². The van der Waals surface area contributed by atoms with Crippen LogP contribution in [-0.2, 0) is 6.42 Å². The van der Waals surface area contributed by atoms with Crippen LogP contribution < -0.4 is 16.2 Å². The lowest BCUT2D eigenvalue weighted by Gasteiger charge is -2.43. The number of fused-ring (bicyclic) bond motifs is 1. The van der Waals surface area contributed by atoms with Gasteiger partial charge in [-0.25, -0.2) is 15.8 Å². The number of rotatable bonds is 3. The maximum Gasteiger partial charge on any atom is 0.148 e. The summed E-state index contributed by atoms with van der Waals surface area (Å²) in [6.45, 7) is 7.85. The lowest BCUT2D eigenvalue weighted by atomic mass is 10.1. The molecule has 2 aliphatic heterocycles. The van der Waals surface area contributed by atoms with Gasteiger partial charge in [-0.1, -0.05) is 6.92 Å². The van der Waals surface area contributed by atoms with E-state index in [0.717, 1.165) is 36.7 Å². The van der Waals surface area contributed by atoms with Gasteiger partial charge in [0.05, 0.1) is 0 Å². The van der Waals surface area contributed by atoms with E-state index in [1.165, 1.54) is 19.4 Å². The molecule has 3 N–H and O–H groups in total. The van der Waals surface area contributed by atoms with Gasteiger partial charge in [0.1, 0.15) is 18.0 Å². The van der Waals surface area contributed by atoms with Crippen molar-refractivity contribution in [2.45, 2.75) is 45.2 Å². The molecule has 2 atom stereocenters. The predicted octanol–water partition coefficient (Wildman–Crippen LogP) is 0.997. The summed E-state index contributed by atoms with van der Waals surface area (Å²) in [6, 6.07) is 1.16. The Labute approximate surface area is 120 Å². The number of anilines is 2. The van der Waals surface area contributed by atoms with Crippen LogP contribution in [0.4, 0.5) is 11.6 Å². The van der Waals surface area contributed by atoms with Crippen molar-refractivity contribution < 1.29 is 0 Å². The van der Waals surface area contributed by atoms with Crippen LogP contribution in [0.1, 0.15) is 32.3 Å². The lowest BCUT2D eigenvalue weighted by Crippen LogP contribution is -2.55. The standard InChI is InChI=1S/C14H24N6/c1-3-12-13(18-15)16-9-17-14(12)20-8-11-5-4-6-19(11)7-10(20)2/h9-11H,3-8,15H2,1-2H3,(H,16,17,18). The average molecular weight is 276 g/mol. The maximum atomic E-state index is 5.58. The van der Waals surface area contributed by atoms with Gasteiger partial charge in [0.15, 0.2) is 0 Å². The molecule has 0 bridgehead atoms. The summed E-state index contributed by atoms with van der Waals surface area (Å²) in [6.07, 6.45) is 5.12. The quantitative estimate of drug-likeness (QED) is 0.634. The monoisotopic (exact) mass is 276 g/mol. The van der Waals surface area contributed by atoms with Crippen LogP contribution in [0.15, 0.2) is 6.33 Å². The molecule has 6 heteroatoms. The molecular weight excluding hydrogens is 252 g/mol. The summed E-state index contributed by atoms with van der Waals surface area (Å²) in [7, 11) is 0. The topological polar surface area (TPSA) is 70.3 Å². The molecule has 6 nitrogen and oxygen atoms in total. The first-order valence-electron chi connectivity index (χ1n) is 7.55. The Morgan fingerprint density at radius 2 is 2.25 bits per heavy atom. The van der Waals surface area contributed by atoms with E-state index in [1.807, 2.05) is 0 Å². The first-order valence-corrected chi connectivity index (χ1v) is 7.55. The summed E-state index contributed by atoms with van der Waals surface area (Å²) in [4.78, 5) is 13.8. The zero-order chi connectivity index (χ0) is 14.1. The van der Waals surface area contributed by atoms with E-state index in [9.17, 15) is 0 Å². The van der Waals surface area contributed by atoms with Crippen molar-refractivity contribution in [2.24, 2.45) is 5.84 Å². The molecular formula is C14H24N6. The molecule has 0 spiro atoms. The van der Waals surface area contributed by atoms with Crippen LogP contribution in [0.5, 0.6) is 0 Å². The average Bonchev–Trinajstić information content (AvgIpc) is 2.92. The molecule has 0 amide bonds. The molecule has 20 heavy (non-hydrogen) atoms. The van der Waals surface area contributed by atoms with Gasteiger partial charge in [-0.2, -0.15) is 0 Å². The van der Waals surface area contributed by atoms with Crippen LogP contribution in [0.2, 0.25) is 0 Å². The normalized spacial score (nSPS) is 26.6. The third-order valence-electron chi connectivity index (χ3n) is 4.62. The van der Waals surface area contributed by atoms with Gasteiger partial charge in [-0.3, -0.25) is 4.90 Å². The molecule has 1 aromatic heterocycles. The minimum absolute atomic E-state index is 0.482. The third-order valence-corrected chi connectivity index (χ3v) is 4.62. The molecule has 3 rings (SSSR count). The summed E-state index contributed by atoms with van der Waals surface area (Å²) in [5.74, 6) is 7.38. The van der Waals surface area contributed by atoms with Crippen molar-refractivity contribution in [1.29, 1.82) is 0 Å². The molecule has 0 saturated carbocycles. The largest absolute Gasteiger partial charge is 0.351 e. The molecule has 110 valence electrons. The fourth-order valence-corrected chi connectivity index (χ4v) is 3.58. The Morgan fingerprint density at radius 1 is 1.40 bits per heavy atom.